The molecule has 1 saturated heterocycles. The topological polar surface area (TPSA) is 79.9 Å². The number of guanidine groups is 1. The molecule has 2 fully saturated rings. The highest BCUT2D eigenvalue weighted by Gasteiger charge is 2.47. The van der Waals surface area contributed by atoms with Crippen LogP contribution in [0.3, 0.4) is 0 Å². The van der Waals surface area contributed by atoms with Crippen LogP contribution in [0.4, 0.5) is 0 Å². The highest BCUT2D eigenvalue weighted by atomic mass is 127. The molecule has 1 aliphatic carbocycles. The summed E-state index contributed by atoms with van der Waals surface area (Å²) in [4.78, 5) is 4.32. The third-order valence-corrected chi connectivity index (χ3v) is 4.50. The number of halogens is 1. The number of nitrogens with zero attached hydrogens (tertiary/aromatic N) is 1. The van der Waals surface area contributed by atoms with Crippen molar-refractivity contribution in [1.29, 1.82) is 0 Å². The van der Waals surface area contributed by atoms with Crippen molar-refractivity contribution >= 4 is 29.9 Å². The third kappa shape index (κ3) is 4.08. The van der Waals surface area contributed by atoms with Crippen LogP contribution in [0.15, 0.2) is 17.6 Å². The summed E-state index contributed by atoms with van der Waals surface area (Å²) in [6.45, 7) is 6.37. The summed E-state index contributed by atoms with van der Waals surface area (Å²) < 4.78 is 5.40. The number of nitrogens with two attached hydrogens (primary N) is 1. The number of hydrogen-bond acceptors (Lipinski definition) is 3. The summed E-state index contributed by atoms with van der Waals surface area (Å²) >= 11 is 0. The van der Waals surface area contributed by atoms with Gasteiger partial charge >= 0.3 is 0 Å². The average Bonchev–Trinajstić information content (AvgIpc) is 2.72. The lowest BCUT2D eigenvalue weighted by Gasteiger charge is -2.37. The molecule has 1 spiro atoms. The van der Waals surface area contributed by atoms with E-state index in [0.29, 0.717) is 19.0 Å². The van der Waals surface area contributed by atoms with Crippen LogP contribution in [-0.4, -0.2) is 43.5 Å². The Labute approximate surface area is 138 Å². The molecule has 1 heterocycles. The van der Waals surface area contributed by atoms with Crippen molar-refractivity contribution in [2.75, 3.05) is 26.3 Å². The van der Waals surface area contributed by atoms with Crippen LogP contribution in [0.2, 0.25) is 0 Å². The molecule has 5 nitrogen and oxygen atoms in total. The predicted molar refractivity (Wildman–Crippen MR) is 91.3 cm³/mol. The van der Waals surface area contributed by atoms with Gasteiger partial charge in [0.1, 0.15) is 0 Å². The largest absolute Gasteiger partial charge is 0.392 e. The molecule has 0 aromatic heterocycles. The number of nitrogens with one attached hydrogen (secondary N) is 1. The molecule has 0 amide bonds. The van der Waals surface area contributed by atoms with Crippen LogP contribution in [0.25, 0.3) is 0 Å². The van der Waals surface area contributed by atoms with E-state index in [1.54, 1.807) is 6.08 Å². The summed E-state index contributed by atoms with van der Waals surface area (Å²) in [5, 5.41) is 13.5. The normalized spacial score (nSPS) is 28.9. The van der Waals surface area contributed by atoms with E-state index in [2.05, 4.69) is 16.9 Å². The minimum absolute atomic E-state index is 0. The first kappa shape index (κ1) is 17.7. The molecule has 0 bridgehead atoms. The van der Waals surface area contributed by atoms with Crippen LogP contribution in [0, 0.1) is 11.3 Å². The van der Waals surface area contributed by atoms with Crippen molar-refractivity contribution in [1.82, 2.24) is 5.32 Å². The van der Waals surface area contributed by atoms with Gasteiger partial charge in [-0.05, 0) is 25.7 Å². The number of hydrogen-bond donors (Lipinski definition) is 3. The molecule has 2 aliphatic rings. The number of ether oxygens (including phenoxy) is 1. The molecule has 4 N–H and O–H groups in total. The molecule has 0 aromatic rings. The molecule has 116 valence electrons. The van der Waals surface area contributed by atoms with E-state index in [9.17, 15) is 5.11 Å². The highest BCUT2D eigenvalue weighted by molar-refractivity contribution is 14.0. The summed E-state index contributed by atoms with van der Waals surface area (Å²) in [6, 6.07) is 0. The second-order valence-corrected chi connectivity index (χ2v) is 5.61. The standard InChI is InChI=1S/C14H25N3O2.HI/c1-2-7-16-13(15)17-10-11-3-4-14(12(11)18)5-8-19-9-6-14;/h2,11-12,18H,1,3-10H2,(H3,15,16,17);1H. The Balaban J connectivity index is 0.00000200. The minimum Gasteiger partial charge on any atom is -0.392 e. The van der Waals surface area contributed by atoms with Crippen molar-refractivity contribution < 1.29 is 9.84 Å². The van der Waals surface area contributed by atoms with Crippen molar-refractivity contribution in [3.05, 3.63) is 12.7 Å². The fraction of sp³-hybridized carbons (Fsp3) is 0.786. The smallest absolute Gasteiger partial charge is 0.188 e. The Hall–Kier alpha value is -0.340. The van der Waals surface area contributed by atoms with Gasteiger partial charge in [0.2, 0.25) is 0 Å². The predicted octanol–water partition coefficient (Wildman–Crippen LogP) is 1.26. The Bertz CT molecular complexity index is 343. The van der Waals surface area contributed by atoms with Gasteiger partial charge in [-0.15, -0.1) is 30.6 Å². The number of rotatable bonds is 4. The van der Waals surface area contributed by atoms with E-state index in [1.807, 2.05) is 0 Å². The Morgan fingerprint density at radius 2 is 2.15 bits per heavy atom. The van der Waals surface area contributed by atoms with Crippen molar-refractivity contribution in [3.63, 3.8) is 0 Å². The monoisotopic (exact) mass is 395 g/mol. The van der Waals surface area contributed by atoms with Crippen LogP contribution < -0.4 is 11.1 Å². The van der Waals surface area contributed by atoms with Crippen LogP contribution in [0.1, 0.15) is 25.7 Å². The quantitative estimate of drug-likeness (QED) is 0.290. The molecule has 2 atom stereocenters. The average molecular weight is 395 g/mol. The second-order valence-electron chi connectivity index (χ2n) is 5.61. The summed E-state index contributed by atoms with van der Waals surface area (Å²) in [7, 11) is 0. The third-order valence-electron chi connectivity index (χ3n) is 4.50. The molecule has 2 unspecified atom stereocenters. The van der Waals surface area contributed by atoms with Crippen molar-refractivity contribution in [3.8, 4) is 0 Å². The summed E-state index contributed by atoms with van der Waals surface area (Å²) in [5.41, 5.74) is 5.81. The first-order valence-corrected chi connectivity index (χ1v) is 7.08. The van der Waals surface area contributed by atoms with Gasteiger partial charge in [-0.1, -0.05) is 6.08 Å². The fourth-order valence-electron chi connectivity index (χ4n) is 3.24. The van der Waals surface area contributed by atoms with Crippen molar-refractivity contribution in [2.45, 2.75) is 31.8 Å². The van der Waals surface area contributed by atoms with Crippen LogP contribution in [0.5, 0.6) is 0 Å². The molecular weight excluding hydrogens is 369 g/mol. The number of aliphatic hydroxyl groups excluding tert-OH is 1. The van der Waals surface area contributed by atoms with Gasteiger partial charge in [0.15, 0.2) is 5.96 Å². The molecule has 1 saturated carbocycles. The van der Waals surface area contributed by atoms with Gasteiger partial charge in [0, 0.05) is 37.6 Å². The lowest BCUT2D eigenvalue weighted by Crippen LogP contribution is -2.39. The lowest BCUT2D eigenvalue weighted by atomic mass is 9.76. The molecule has 0 radical (unpaired) electrons. The molecule has 2 rings (SSSR count). The van der Waals surface area contributed by atoms with E-state index in [1.165, 1.54) is 0 Å². The Kier molecular flexibility index (Phi) is 7.25. The first-order valence-electron chi connectivity index (χ1n) is 7.08. The van der Waals surface area contributed by atoms with Gasteiger partial charge < -0.3 is 20.9 Å². The fourth-order valence-corrected chi connectivity index (χ4v) is 3.24. The van der Waals surface area contributed by atoms with E-state index in [4.69, 9.17) is 10.5 Å². The zero-order valence-corrected chi connectivity index (χ0v) is 14.2. The van der Waals surface area contributed by atoms with Crippen LogP contribution >= 0.6 is 24.0 Å². The SMILES string of the molecule is C=CCNC(N)=NCC1CCC2(CCOCC2)C1O.I. The van der Waals surface area contributed by atoms with E-state index < -0.39 is 0 Å². The first-order chi connectivity index (χ1) is 9.18. The van der Waals surface area contributed by atoms with Gasteiger partial charge in [0.05, 0.1) is 6.10 Å². The molecular formula is C14H26IN3O2. The Morgan fingerprint density at radius 3 is 2.80 bits per heavy atom. The Morgan fingerprint density at radius 1 is 1.45 bits per heavy atom. The molecule has 1 aliphatic heterocycles. The van der Waals surface area contributed by atoms with E-state index in [-0.39, 0.29) is 41.4 Å². The molecule has 20 heavy (non-hydrogen) atoms. The van der Waals surface area contributed by atoms with Gasteiger partial charge in [-0.2, -0.15) is 0 Å². The van der Waals surface area contributed by atoms with E-state index >= 15 is 0 Å². The van der Waals surface area contributed by atoms with Gasteiger partial charge in [-0.3, -0.25) is 4.99 Å². The number of aliphatic imine (C=N–C) groups is 1. The zero-order valence-electron chi connectivity index (χ0n) is 11.9. The lowest BCUT2D eigenvalue weighted by molar-refractivity contribution is -0.0548. The maximum Gasteiger partial charge on any atom is 0.188 e. The highest BCUT2D eigenvalue weighted by Crippen LogP contribution is 2.48. The number of aliphatic hydroxyl groups is 1. The molecule has 6 heteroatoms. The maximum absolute atomic E-state index is 10.6. The van der Waals surface area contributed by atoms with E-state index in [0.717, 1.165) is 38.9 Å². The van der Waals surface area contributed by atoms with Crippen LogP contribution in [-0.2, 0) is 4.74 Å². The second kappa shape index (κ2) is 8.19. The summed E-state index contributed by atoms with van der Waals surface area (Å²) in [6.07, 6.45) is 5.52. The summed E-state index contributed by atoms with van der Waals surface area (Å²) in [5.74, 6) is 0.655. The van der Waals surface area contributed by atoms with Gasteiger partial charge in [0.25, 0.3) is 0 Å². The van der Waals surface area contributed by atoms with Gasteiger partial charge in [-0.25, -0.2) is 0 Å². The molecule has 0 aromatic carbocycles. The maximum atomic E-state index is 10.6. The zero-order chi connectivity index (χ0) is 13.7. The minimum atomic E-state index is -0.271. The van der Waals surface area contributed by atoms with Crippen molar-refractivity contribution in [2.24, 2.45) is 22.1 Å².